The molecule has 0 saturated carbocycles. The van der Waals surface area contributed by atoms with Gasteiger partial charge in [0.1, 0.15) is 17.1 Å². The van der Waals surface area contributed by atoms with Crippen LogP contribution in [0, 0.1) is 0 Å². The van der Waals surface area contributed by atoms with Crippen LogP contribution in [0.25, 0.3) is 11.3 Å². The third-order valence-electron chi connectivity index (χ3n) is 3.16. The molecule has 23 heavy (non-hydrogen) atoms. The first-order valence-corrected chi connectivity index (χ1v) is 7.88. The number of furan rings is 1. The molecule has 2 aromatic rings. The summed E-state index contributed by atoms with van der Waals surface area (Å²) in [7, 11) is 0. The van der Waals surface area contributed by atoms with Crippen LogP contribution < -0.4 is 5.32 Å². The second kappa shape index (κ2) is 7.31. The molecule has 0 fully saturated rings. The van der Waals surface area contributed by atoms with E-state index in [0.717, 1.165) is 24.2 Å². The van der Waals surface area contributed by atoms with E-state index in [1.165, 1.54) is 5.56 Å². The second-order valence-corrected chi connectivity index (χ2v) is 6.40. The van der Waals surface area contributed by atoms with E-state index in [4.69, 9.17) is 9.15 Å². The predicted molar refractivity (Wildman–Crippen MR) is 89.0 cm³/mol. The van der Waals surface area contributed by atoms with Crippen molar-refractivity contribution < 1.29 is 13.9 Å². The van der Waals surface area contributed by atoms with E-state index in [2.05, 4.69) is 17.2 Å². The zero-order valence-electron chi connectivity index (χ0n) is 14.2. The van der Waals surface area contributed by atoms with Crippen LogP contribution in [-0.4, -0.2) is 16.7 Å². The van der Waals surface area contributed by atoms with Crippen LogP contribution in [0.15, 0.2) is 35.0 Å². The highest BCUT2D eigenvalue weighted by molar-refractivity contribution is 5.67. The van der Waals surface area contributed by atoms with Crippen LogP contribution in [0.2, 0.25) is 0 Å². The second-order valence-electron chi connectivity index (χ2n) is 6.40. The van der Waals surface area contributed by atoms with Crippen LogP contribution in [0.3, 0.4) is 0 Å². The molecule has 0 aliphatic carbocycles. The van der Waals surface area contributed by atoms with Gasteiger partial charge in [-0.3, -0.25) is 4.98 Å². The van der Waals surface area contributed by atoms with Crippen molar-refractivity contribution in [1.82, 2.24) is 10.3 Å². The van der Waals surface area contributed by atoms with Crippen molar-refractivity contribution >= 4 is 6.09 Å². The van der Waals surface area contributed by atoms with Crippen molar-refractivity contribution in [2.24, 2.45) is 0 Å². The summed E-state index contributed by atoms with van der Waals surface area (Å²) in [6.07, 6.45) is 5.19. The molecule has 0 bridgehead atoms. The molecule has 0 saturated heterocycles. The lowest BCUT2D eigenvalue weighted by Crippen LogP contribution is -2.32. The van der Waals surface area contributed by atoms with Crippen molar-refractivity contribution in [3.8, 4) is 11.3 Å². The molecule has 5 nitrogen and oxygen atoms in total. The lowest BCUT2D eigenvalue weighted by molar-refractivity contribution is 0.0520. The smallest absolute Gasteiger partial charge is 0.408 e. The number of ether oxygens (including phenoxy) is 1. The largest absolute Gasteiger partial charge is 0.459 e. The quantitative estimate of drug-likeness (QED) is 0.892. The van der Waals surface area contributed by atoms with Crippen LogP contribution in [-0.2, 0) is 17.7 Å². The Bertz CT molecular complexity index is 656. The van der Waals surface area contributed by atoms with Crippen LogP contribution in [0.1, 0.15) is 45.4 Å². The molecule has 5 heteroatoms. The standard InChI is InChI=1S/C18H24N2O3/c1-5-6-13-9-10-19-12-15(13)16-8-7-14(22-16)11-20-17(21)23-18(2,3)4/h7-10,12H,5-6,11H2,1-4H3,(H,20,21). The molecule has 124 valence electrons. The lowest BCUT2D eigenvalue weighted by Gasteiger charge is -2.19. The minimum Gasteiger partial charge on any atom is -0.459 e. The van der Waals surface area contributed by atoms with Gasteiger partial charge in [-0.25, -0.2) is 4.79 Å². The van der Waals surface area contributed by atoms with Crippen LogP contribution >= 0.6 is 0 Å². The van der Waals surface area contributed by atoms with Gasteiger partial charge in [0.2, 0.25) is 0 Å². The molecule has 1 amide bonds. The zero-order valence-corrected chi connectivity index (χ0v) is 14.2. The van der Waals surface area contributed by atoms with Gasteiger partial charge in [-0.15, -0.1) is 0 Å². The van der Waals surface area contributed by atoms with Gasteiger partial charge in [-0.1, -0.05) is 13.3 Å². The number of amides is 1. The number of pyridine rings is 1. The van der Waals surface area contributed by atoms with Gasteiger partial charge in [0.15, 0.2) is 0 Å². The number of carbonyl (C=O) groups is 1. The van der Waals surface area contributed by atoms with Gasteiger partial charge in [-0.2, -0.15) is 0 Å². The SMILES string of the molecule is CCCc1ccncc1-c1ccc(CNC(=O)OC(C)(C)C)o1. The average molecular weight is 316 g/mol. The van der Waals surface area contributed by atoms with E-state index < -0.39 is 11.7 Å². The summed E-state index contributed by atoms with van der Waals surface area (Å²) in [5, 5.41) is 2.69. The Kier molecular flexibility index (Phi) is 5.42. The number of alkyl carbamates (subject to hydrolysis) is 1. The van der Waals surface area contributed by atoms with E-state index in [1.54, 1.807) is 6.20 Å². The van der Waals surface area contributed by atoms with Gasteiger partial charge in [0.05, 0.1) is 6.54 Å². The van der Waals surface area contributed by atoms with E-state index in [9.17, 15) is 4.79 Å². The Morgan fingerprint density at radius 3 is 2.78 bits per heavy atom. The van der Waals surface area contributed by atoms with E-state index in [-0.39, 0.29) is 6.54 Å². The Morgan fingerprint density at radius 2 is 2.09 bits per heavy atom. The number of aromatic nitrogens is 1. The number of carbonyl (C=O) groups excluding carboxylic acids is 1. The number of hydrogen-bond donors (Lipinski definition) is 1. The molecular formula is C18H24N2O3. The maximum atomic E-state index is 11.7. The van der Waals surface area contributed by atoms with Crippen LogP contribution in [0.5, 0.6) is 0 Å². The Labute approximate surface area is 137 Å². The number of hydrogen-bond acceptors (Lipinski definition) is 4. The van der Waals surface area contributed by atoms with E-state index >= 15 is 0 Å². The Hall–Kier alpha value is -2.30. The minimum atomic E-state index is -0.511. The highest BCUT2D eigenvalue weighted by atomic mass is 16.6. The summed E-state index contributed by atoms with van der Waals surface area (Å²) >= 11 is 0. The van der Waals surface area contributed by atoms with Gasteiger partial charge in [0.25, 0.3) is 0 Å². The highest BCUT2D eigenvalue weighted by Crippen LogP contribution is 2.26. The molecular weight excluding hydrogens is 292 g/mol. The van der Waals surface area contributed by atoms with Gasteiger partial charge >= 0.3 is 6.09 Å². The fourth-order valence-electron chi connectivity index (χ4n) is 2.22. The Morgan fingerprint density at radius 1 is 1.30 bits per heavy atom. The first-order chi connectivity index (χ1) is 10.9. The van der Waals surface area contributed by atoms with Gasteiger partial charge < -0.3 is 14.5 Å². The molecule has 0 aliphatic rings. The summed E-state index contributed by atoms with van der Waals surface area (Å²) in [5.41, 5.74) is 1.70. The molecule has 2 heterocycles. The van der Waals surface area contributed by atoms with Crippen molar-refractivity contribution in [3.05, 3.63) is 41.9 Å². The van der Waals surface area contributed by atoms with Crippen molar-refractivity contribution in [1.29, 1.82) is 0 Å². The number of rotatable bonds is 5. The maximum Gasteiger partial charge on any atom is 0.408 e. The molecule has 0 unspecified atom stereocenters. The molecule has 0 radical (unpaired) electrons. The summed E-state index contributed by atoms with van der Waals surface area (Å²) < 4.78 is 11.0. The zero-order chi connectivity index (χ0) is 16.9. The summed E-state index contributed by atoms with van der Waals surface area (Å²) in [4.78, 5) is 15.8. The first kappa shape index (κ1) is 17.1. The van der Waals surface area contributed by atoms with Crippen LogP contribution in [0.4, 0.5) is 4.79 Å². The average Bonchev–Trinajstić information content (AvgIpc) is 2.93. The van der Waals surface area contributed by atoms with Gasteiger partial charge in [-0.05, 0) is 51.0 Å². The summed E-state index contributed by atoms with van der Waals surface area (Å²) in [5.74, 6) is 1.44. The number of nitrogens with zero attached hydrogens (tertiary/aromatic N) is 1. The maximum absolute atomic E-state index is 11.7. The topological polar surface area (TPSA) is 64.4 Å². The molecule has 0 spiro atoms. The van der Waals surface area contributed by atoms with E-state index in [0.29, 0.717) is 5.76 Å². The van der Waals surface area contributed by atoms with E-state index in [1.807, 2.05) is 45.2 Å². The fourth-order valence-corrected chi connectivity index (χ4v) is 2.22. The van der Waals surface area contributed by atoms with Crippen molar-refractivity contribution in [2.45, 2.75) is 52.7 Å². The van der Waals surface area contributed by atoms with Crippen molar-refractivity contribution in [2.75, 3.05) is 0 Å². The fraction of sp³-hybridized carbons (Fsp3) is 0.444. The molecule has 1 N–H and O–H groups in total. The summed E-state index contributed by atoms with van der Waals surface area (Å²) in [6, 6.07) is 5.78. The first-order valence-electron chi connectivity index (χ1n) is 7.88. The third-order valence-corrected chi connectivity index (χ3v) is 3.16. The molecule has 0 aromatic carbocycles. The highest BCUT2D eigenvalue weighted by Gasteiger charge is 2.16. The summed E-state index contributed by atoms with van der Waals surface area (Å²) in [6.45, 7) is 7.92. The Balaban J connectivity index is 2.03. The molecule has 2 rings (SSSR count). The normalized spacial score (nSPS) is 11.3. The molecule has 0 aliphatic heterocycles. The number of nitrogens with one attached hydrogen (secondary N) is 1. The lowest BCUT2D eigenvalue weighted by atomic mass is 10.0. The predicted octanol–water partition coefficient (Wildman–Crippen LogP) is 4.32. The number of aryl methyl sites for hydroxylation is 1. The minimum absolute atomic E-state index is 0.290. The third kappa shape index (κ3) is 5.13. The monoisotopic (exact) mass is 316 g/mol. The van der Waals surface area contributed by atoms with Gasteiger partial charge in [0, 0.05) is 18.0 Å². The molecule has 0 atom stereocenters. The van der Waals surface area contributed by atoms with Crippen molar-refractivity contribution in [3.63, 3.8) is 0 Å². The molecule has 2 aromatic heterocycles.